The molecule has 1 N–H and O–H groups in total. The zero-order valence-electron chi connectivity index (χ0n) is 10.1. The number of carbonyl (C=O) groups excluding carboxylic acids is 1. The van der Waals surface area contributed by atoms with E-state index in [1.54, 1.807) is 0 Å². The number of nitro groups is 1. The molecule has 0 fully saturated rings. The minimum Gasteiger partial charge on any atom is -0.321 e. The zero-order valence-corrected chi connectivity index (χ0v) is 11.7. The van der Waals surface area contributed by atoms with Crippen molar-refractivity contribution in [3.05, 3.63) is 62.1 Å². The first-order chi connectivity index (χ1) is 9.88. The van der Waals surface area contributed by atoms with Gasteiger partial charge in [-0.25, -0.2) is 4.98 Å². The summed E-state index contributed by atoms with van der Waals surface area (Å²) in [6.07, 6.45) is 1.10. The number of pyridine rings is 1. The maximum absolute atomic E-state index is 12.7. The molecule has 2 aromatic rings. The number of anilines is 1. The molecule has 1 aromatic heterocycles. The van der Waals surface area contributed by atoms with Gasteiger partial charge >= 0.3 is 0 Å². The molecule has 0 saturated carbocycles. The molecule has 0 bridgehead atoms. The first-order valence-electron chi connectivity index (χ1n) is 5.45. The summed E-state index contributed by atoms with van der Waals surface area (Å²) in [5.74, 6) is -1.43. The number of nitrogens with one attached hydrogen (secondary N) is 1. The third-order valence-corrected chi connectivity index (χ3v) is 3.26. The van der Waals surface area contributed by atoms with Crippen LogP contribution in [0, 0.1) is 16.1 Å². The van der Waals surface area contributed by atoms with Crippen LogP contribution in [-0.2, 0) is 0 Å². The summed E-state index contributed by atoms with van der Waals surface area (Å²) in [4.78, 5) is 25.5. The maximum atomic E-state index is 12.7. The van der Waals surface area contributed by atoms with Gasteiger partial charge in [-0.3, -0.25) is 14.9 Å². The maximum Gasteiger partial charge on any atom is 0.271 e. The number of aromatic nitrogens is 1. The summed E-state index contributed by atoms with van der Waals surface area (Å²) in [6, 6.07) is 4.38. The largest absolute Gasteiger partial charge is 0.321 e. The molecule has 0 aliphatic rings. The van der Waals surface area contributed by atoms with Crippen molar-refractivity contribution in [2.45, 2.75) is 0 Å². The number of carbonyl (C=O) groups is 1. The molecule has 108 valence electrons. The lowest BCUT2D eigenvalue weighted by molar-refractivity contribution is -0.384. The van der Waals surface area contributed by atoms with Crippen LogP contribution in [0.5, 0.6) is 0 Å². The van der Waals surface area contributed by atoms with Gasteiger partial charge in [0.2, 0.25) is 5.95 Å². The molecular formula is C12H6Cl2FN3O3. The molecule has 0 spiro atoms. The molecule has 0 radical (unpaired) electrons. The Morgan fingerprint density at radius 2 is 2.05 bits per heavy atom. The fraction of sp³-hybridized carbons (Fsp3) is 0. The van der Waals surface area contributed by atoms with Gasteiger partial charge in [-0.15, -0.1) is 0 Å². The molecule has 0 saturated heterocycles. The van der Waals surface area contributed by atoms with Crippen LogP contribution in [0.3, 0.4) is 0 Å². The van der Waals surface area contributed by atoms with Crippen LogP contribution in [0.4, 0.5) is 15.8 Å². The van der Waals surface area contributed by atoms with E-state index < -0.39 is 16.8 Å². The van der Waals surface area contributed by atoms with Crippen molar-refractivity contribution in [1.29, 1.82) is 0 Å². The Labute approximate surface area is 127 Å². The average Bonchev–Trinajstić information content (AvgIpc) is 2.43. The SMILES string of the molecule is O=C(Nc1ccc(F)nc1)c1cc([N+](=O)[O-])cc(Cl)c1Cl. The van der Waals surface area contributed by atoms with Crippen molar-refractivity contribution >= 4 is 40.5 Å². The predicted octanol–water partition coefficient (Wildman–Crippen LogP) is 3.69. The zero-order chi connectivity index (χ0) is 15.6. The molecule has 9 heteroatoms. The second-order valence-electron chi connectivity index (χ2n) is 3.87. The Kier molecular flexibility index (Phi) is 4.35. The fourth-order valence-corrected chi connectivity index (χ4v) is 1.90. The molecule has 0 aliphatic carbocycles. The van der Waals surface area contributed by atoms with E-state index in [1.807, 2.05) is 0 Å². The topological polar surface area (TPSA) is 85.1 Å². The van der Waals surface area contributed by atoms with E-state index in [1.165, 1.54) is 6.07 Å². The number of hydrogen-bond acceptors (Lipinski definition) is 4. The van der Waals surface area contributed by atoms with Gasteiger partial charge in [0.05, 0.1) is 32.4 Å². The van der Waals surface area contributed by atoms with Gasteiger partial charge in [0.25, 0.3) is 11.6 Å². The molecule has 0 aliphatic heterocycles. The van der Waals surface area contributed by atoms with Crippen molar-refractivity contribution in [1.82, 2.24) is 4.98 Å². The molecule has 2 rings (SSSR count). The third kappa shape index (κ3) is 3.45. The van der Waals surface area contributed by atoms with Crippen LogP contribution in [-0.4, -0.2) is 15.8 Å². The Bertz CT molecular complexity index is 722. The summed E-state index contributed by atoms with van der Waals surface area (Å²) in [5.41, 5.74) is -0.327. The predicted molar refractivity (Wildman–Crippen MR) is 75.3 cm³/mol. The first-order valence-corrected chi connectivity index (χ1v) is 6.20. The van der Waals surface area contributed by atoms with E-state index >= 15 is 0 Å². The molecule has 1 heterocycles. The molecule has 1 amide bonds. The highest BCUT2D eigenvalue weighted by Gasteiger charge is 2.19. The highest BCUT2D eigenvalue weighted by molar-refractivity contribution is 6.44. The molecule has 0 unspecified atom stereocenters. The fourth-order valence-electron chi connectivity index (χ4n) is 1.49. The summed E-state index contributed by atoms with van der Waals surface area (Å²) < 4.78 is 12.7. The average molecular weight is 330 g/mol. The van der Waals surface area contributed by atoms with Gasteiger partial charge in [0.1, 0.15) is 0 Å². The normalized spacial score (nSPS) is 10.2. The van der Waals surface area contributed by atoms with Crippen molar-refractivity contribution in [2.75, 3.05) is 5.32 Å². The van der Waals surface area contributed by atoms with E-state index in [-0.39, 0.29) is 27.0 Å². The first kappa shape index (κ1) is 15.1. The Morgan fingerprint density at radius 1 is 1.33 bits per heavy atom. The second-order valence-corrected chi connectivity index (χ2v) is 4.66. The van der Waals surface area contributed by atoms with Crippen molar-refractivity contribution in [2.24, 2.45) is 0 Å². The summed E-state index contributed by atoms with van der Waals surface area (Å²) in [6.45, 7) is 0. The Morgan fingerprint density at radius 3 is 2.62 bits per heavy atom. The highest BCUT2D eigenvalue weighted by Crippen LogP contribution is 2.31. The summed E-state index contributed by atoms with van der Waals surface area (Å²) in [5, 5.41) is 12.9. The van der Waals surface area contributed by atoms with E-state index in [9.17, 15) is 19.3 Å². The van der Waals surface area contributed by atoms with Crippen LogP contribution in [0.25, 0.3) is 0 Å². The van der Waals surface area contributed by atoms with Crippen LogP contribution < -0.4 is 5.32 Å². The monoisotopic (exact) mass is 329 g/mol. The number of halogens is 3. The summed E-state index contributed by atoms with van der Waals surface area (Å²) >= 11 is 11.6. The second kappa shape index (κ2) is 6.02. The van der Waals surface area contributed by atoms with Crippen molar-refractivity contribution < 1.29 is 14.1 Å². The number of nitrogens with zero attached hydrogens (tertiary/aromatic N) is 2. The highest BCUT2D eigenvalue weighted by atomic mass is 35.5. The van der Waals surface area contributed by atoms with E-state index in [0.29, 0.717) is 0 Å². The van der Waals surface area contributed by atoms with E-state index in [0.717, 1.165) is 24.4 Å². The lowest BCUT2D eigenvalue weighted by atomic mass is 10.2. The van der Waals surface area contributed by atoms with E-state index in [4.69, 9.17) is 23.2 Å². The van der Waals surface area contributed by atoms with Gasteiger partial charge in [-0.2, -0.15) is 4.39 Å². The smallest absolute Gasteiger partial charge is 0.271 e. The molecule has 6 nitrogen and oxygen atoms in total. The van der Waals surface area contributed by atoms with Crippen molar-refractivity contribution in [3.63, 3.8) is 0 Å². The standard InChI is InChI=1S/C12H6Cl2FN3O3/c13-9-4-7(18(20)21)3-8(11(9)14)12(19)17-6-1-2-10(15)16-5-6/h1-5H,(H,17,19). The van der Waals surface area contributed by atoms with Crippen LogP contribution in [0.15, 0.2) is 30.5 Å². The minimum atomic E-state index is -0.723. The molecule has 1 aromatic carbocycles. The Balaban J connectivity index is 2.34. The van der Waals surface area contributed by atoms with Gasteiger partial charge in [-0.1, -0.05) is 23.2 Å². The van der Waals surface area contributed by atoms with Crippen molar-refractivity contribution in [3.8, 4) is 0 Å². The number of amides is 1. The third-order valence-electron chi connectivity index (χ3n) is 2.45. The molecule has 0 atom stereocenters. The van der Waals surface area contributed by atoms with Crippen LogP contribution >= 0.6 is 23.2 Å². The Hall–Kier alpha value is -2.25. The number of hydrogen-bond donors (Lipinski definition) is 1. The molecular weight excluding hydrogens is 324 g/mol. The van der Waals surface area contributed by atoms with E-state index in [2.05, 4.69) is 10.3 Å². The lowest BCUT2D eigenvalue weighted by Crippen LogP contribution is -2.13. The van der Waals surface area contributed by atoms with Gasteiger partial charge in [0, 0.05) is 12.1 Å². The van der Waals surface area contributed by atoms with Crippen LogP contribution in [0.1, 0.15) is 10.4 Å². The minimum absolute atomic E-state index is 0.116. The number of rotatable bonds is 3. The van der Waals surface area contributed by atoms with Crippen LogP contribution in [0.2, 0.25) is 10.0 Å². The summed E-state index contributed by atoms with van der Waals surface area (Å²) in [7, 11) is 0. The number of benzene rings is 1. The van der Waals surface area contributed by atoms with Gasteiger partial charge in [0.15, 0.2) is 0 Å². The number of non-ortho nitro benzene ring substituents is 1. The van der Waals surface area contributed by atoms with Gasteiger partial charge < -0.3 is 5.32 Å². The van der Waals surface area contributed by atoms with Gasteiger partial charge in [-0.05, 0) is 12.1 Å². The lowest BCUT2D eigenvalue weighted by Gasteiger charge is -2.07. The number of nitro benzene ring substituents is 1. The molecule has 21 heavy (non-hydrogen) atoms. The quantitative estimate of drug-likeness (QED) is 0.528.